The van der Waals surface area contributed by atoms with Crippen molar-refractivity contribution in [1.29, 1.82) is 0 Å². The first-order chi connectivity index (χ1) is 15.2. The number of esters is 1. The molecule has 31 heavy (non-hydrogen) atoms. The summed E-state index contributed by atoms with van der Waals surface area (Å²) in [5.41, 5.74) is 2.11. The topological polar surface area (TPSA) is 93.1 Å². The van der Waals surface area contributed by atoms with Crippen LogP contribution in [0.3, 0.4) is 0 Å². The van der Waals surface area contributed by atoms with Crippen LogP contribution in [0.25, 0.3) is 22.3 Å². The van der Waals surface area contributed by atoms with Gasteiger partial charge in [0.2, 0.25) is 5.91 Å². The van der Waals surface area contributed by atoms with Crippen LogP contribution in [0.2, 0.25) is 0 Å². The molecule has 5 rings (SSSR count). The van der Waals surface area contributed by atoms with Crippen LogP contribution in [0.4, 0.5) is 0 Å². The van der Waals surface area contributed by atoms with Gasteiger partial charge in [-0.2, -0.15) is 0 Å². The highest BCUT2D eigenvalue weighted by atomic mass is 32.2. The van der Waals surface area contributed by atoms with E-state index in [0.29, 0.717) is 37.7 Å². The molecule has 2 fully saturated rings. The van der Waals surface area contributed by atoms with E-state index in [2.05, 4.69) is 25.8 Å². The van der Waals surface area contributed by atoms with E-state index in [0.717, 1.165) is 40.3 Å². The summed E-state index contributed by atoms with van der Waals surface area (Å²) in [4.78, 5) is 29.6. The number of carbonyl (C=O) groups excluding carboxylic acids is 2. The highest BCUT2D eigenvalue weighted by molar-refractivity contribution is 7.99. The molecule has 1 aliphatic heterocycles. The molecule has 9 heteroatoms. The average Bonchev–Trinajstić information content (AvgIpc) is 3.42. The van der Waals surface area contributed by atoms with Gasteiger partial charge in [0, 0.05) is 41.8 Å². The predicted molar refractivity (Wildman–Crippen MR) is 118 cm³/mol. The summed E-state index contributed by atoms with van der Waals surface area (Å²) in [6, 6.07) is 8.56. The number of likely N-dealkylation sites (tertiary alicyclic amines) is 1. The first kappa shape index (κ1) is 20.1. The smallest absolute Gasteiger partial charge is 0.308 e. The molecule has 1 saturated heterocycles. The van der Waals surface area contributed by atoms with E-state index in [9.17, 15) is 9.59 Å². The molecule has 1 aliphatic carbocycles. The maximum Gasteiger partial charge on any atom is 0.308 e. The molecule has 1 amide bonds. The zero-order valence-electron chi connectivity index (χ0n) is 17.4. The van der Waals surface area contributed by atoms with Crippen molar-refractivity contribution in [3.8, 4) is 11.4 Å². The molecule has 2 aromatic heterocycles. The fraction of sp³-hybridized carbons (Fsp3) is 0.455. The lowest BCUT2D eigenvalue weighted by atomic mass is 9.97. The molecular formula is C22H25N5O3S. The second-order valence-electron chi connectivity index (χ2n) is 8.12. The SMILES string of the molecule is COC(=O)C1CCN(C(=O)CSc2nnc(-c3c[nH]c4ccccc34)n2C2CC2)CC1. The number of H-pyrrole nitrogens is 1. The van der Waals surface area contributed by atoms with Crippen LogP contribution in [-0.2, 0) is 14.3 Å². The zero-order chi connectivity index (χ0) is 21.4. The van der Waals surface area contributed by atoms with Crippen LogP contribution in [0.5, 0.6) is 0 Å². The third kappa shape index (κ3) is 3.94. The number of ether oxygens (including phenoxy) is 1. The molecule has 3 aromatic rings. The van der Waals surface area contributed by atoms with Crippen LogP contribution < -0.4 is 0 Å². The third-order valence-corrected chi connectivity index (χ3v) is 7.04. The Balaban J connectivity index is 1.29. The van der Waals surface area contributed by atoms with E-state index >= 15 is 0 Å². The average molecular weight is 440 g/mol. The number of para-hydroxylation sites is 1. The van der Waals surface area contributed by atoms with Crippen molar-refractivity contribution < 1.29 is 14.3 Å². The maximum atomic E-state index is 12.8. The number of methoxy groups -OCH3 is 1. The van der Waals surface area contributed by atoms with Gasteiger partial charge < -0.3 is 14.6 Å². The minimum Gasteiger partial charge on any atom is -0.469 e. The number of benzene rings is 1. The zero-order valence-corrected chi connectivity index (χ0v) is 18.2. The Labute approximate surface area is 184 Å². The van der Waals surface area contributed by atoms with Gasteiger partial charge in [0.25, 0.3) is 0 Å². The molecule has 0 spiro atoms. The summed E-state index contributed by atoms with van der Waals surface area (Å²) in [7, 11) is 1.41. The molecule has 1 saturated carbocycles. The highest BCUT2D eigenvalue weighted by Gasteiger charge is 2.32. The van der Waals surface area contributed by atoms with Crippen molar-refractivity contribution in [3.05, 3.63) is 30.5 Å². The Bertz CT molecular complexity index is 1110. The molecule has 162 valence electrons. The quantitative estimate of drug-likeness (QED) is 0.468. The molecule has 8 nitrogen and oxygen atoms in total. The number of thioether (sulfide) groups is 1. The van der Waals surface area contributed by atoms with Gasteiger partial charge in [-0.05, 0) is 31.7 Å². The number of fused-ring (bicyclic) bond motifs is 1. The lowest BCUT2D eigenvalue weighted by Gasteiger charge is -2.30. The summed E-state index contributed by atoms with van der Waals surface area (Å²) in [5.74, 6) is 0.977. The van der Waals surface area contributed by atoms with E-state index in [1.807, 2.05) is 29.3 Å². The van der Waals surface area contributed by atoms with Crippen LogP contribution in [-0.4, -0.2) is 62.5 Å². The van der Waals surface area contributed by atoms with Crippen LogP contribution >= 0.6 is 11.8 Å². The summed E-state index contributed by atoms with van der Waals surface area (Å²) in [6.45, 7) is 1.18. The van der Waals surface area contributed by atoms with E-state index in [4.69, 9.17) is 4.74 Å². The number of piperidine rings is 1. The molecule has 1 N–H and O–H groups in total. The predicted octanol–water partition coefficient (Wildman–Crippen LogP) is 3.27. The van der Waals surface area contributed by atoms with Gasteiger partial charge in [-0.25, -0.2) is 0 Å². The fourth-order valence-electron chi connectivity index (χ4n) is 4.23. The molecular weight excluding hydrogens is 414 g/mol. The molecule has 0 radical (unpaired) electrons. The number of hydrogen-bond acceptors (Lipinski definition) is 6. The third-order valence-electron chi connectivity index (χ3n) is 6.11. The number of carbonyl (C=O) groups is 2. The van der Waals surface area contributed by atoms with Gasteiger partial charge in [-0.3, -0.25) is 14.2 Å². The number of aromatic amines is 1. The van der Waals surface area contributed by atoms with Gasteiger partial charge in [0.1, 0.15) is 0 Å². The lowest BCUT2D eigenvalue weighted by molar-refractivity contribution is -0.148. The Hall–Kier alpha value is -2.81. The first-order valence-corrected chi connectivity index (χ1v) is 11.6. The number of amides is 1. The van der Waals surface area contributed by atoms with Crippen LogP contribution in [0, 0.1) is 5.92 Å². The van der Waals surface area contributed by atoms with Crippen molar-refractivity contribution in [2.24, 2.45) is 5.92 Å². The van der Waals surface area contributed by atoms with Crippen molar-refractivity contribution in [3.63, 3.8) is 0 Å². The Morgan fingerprint density at radius 1 is 1.16 bits per heavy atom. The van der Waals surface area contributed by atoms with Crippen molar-refractivity contribution in [1.82, 2.24) is 24.6 Å². The highest BCUT2D eigenvalue weighted by Crippen LogP contribution is 2.42. The van der Waals surface area contributed by atoms with Gasteiger partial charge >= 0.3 is 5.97 Å². The van der Waals surface area contributed by atoms with E-state index in [-0.39, 0.29) is 17.8 Å². The second-order valence-corrected chi connectivity index (χ2v) is 9.06. The molecule has 0 unspecified atom stereocenters. The standard InChI is InChI=1S/C22H25N5O3S/c1-30-21(29)14-8-10-26(11-9-14)19(28)13-31-22-25-24-20(27(22)15-6-7-15)17-12-23-18-5-3-2-4-16(17)18/h2-5,12,14-15,23H,6-11,13H2,1H3. The summed E-state index contributed by atoms with van der Waals surface area (Å²) < 4.78 is 7.02. The van der Waals surface area contributed by atoms with Gasteiger partial charge in [0.05, 0.1) is 18.8 Å². The van der Waals surface area contributed by atoms with E-state index in [1.54, 1.807) is 0 Å². The van der Waals surface area contributed by atoms with Crippen LogP contribution in [0.1, 0.15) is 31.7 Å². The van der Waals surface area contributed by atoms with Crippen molar-refractivity contribution in [2.75, 3.05) is 26.0 Å². The maximum absolute atomic E-state index is 12.8. The lowest BCUT2D eigenvalue weighted by Crippen LogP contribution is -2.41. The van der Waals surface area contributed by atoms with Gasteiger partial charge in [-0.15, -0.1) is 10.2 Å². The first-order valence-electron chi connectivity index (χ1n) is 10.7. The molecule has 0 bridgehead atoms. The second kappa shape index (κ2) is 8.37. The van der Waals surface area contributed by atoms with Crippen LogP contribution in [0.15, 0.2) is 35.6 Å². The largest absolute Gasteiger partial charge is 0.469 e. The monoisotopic (exact) mass is 439 g/mol. The molecule has 3 heterocycles. The van der Waals surface area contributed by atoms with E-state index in [1.165, 1.54) is 18.9 Å². The summed E-state index contributed by atoms with van der Waals surface area (Å²) >= 11 is 1.45. The number of nitrogens with one attached hydrogen (secondary N) is 1. The molecule has 2 aliphatic rings. The summed E-state index contributed by atoms with van der Waals surface area (Å²) in [6.07, 6.45) is 5.52. The number of nitrogens with zero attached hydrogens (tertiary/aromatic N) is 4. The van der Waals surface area contributed by atoms with Gasteiger partial charge in [-0.1, -0.05) is 30.0 Å². The summed E-state index contributed by atoms with van der Waals surface area (Å²) in [5, 5.41) is 10.8. The fourth-order valence-corrected chi connectivity index (χ4v) is 5.13. The normalized spacial score (nSPS) is 17.3. The Morgan fingerprint density at radius 3 is 2.68 bits per heavy atom. The van der Waals surface area contributed by atoms with Crippen molar-refractivity contribution >= 4 is 34.5 Å². The number of rotatable bonds is 6. The minimum atomic E-state index is -0.177. The number of aromatic nitrogens is 4. The molecule has 1 aromatic carbocycles. The number of hydrogen-bond donors (Lipinski definition) is 1. The Morgan fingerprint density at radius 2 is 1.94 bits per heavy atom. The van der Waals surface area contributed by atoms with Crippen molar-refractivity contribution in [2.45, 2.75) is 36.9 Å². The minimum absolute atomic E-state index is 0.0762. The Kier molecular flexibility index (Phi) is 5.43. The van der Waals surface area contributed by atoms with E-state index < -0.39 is 0 Å². The van der Waals surface area contributed by atoms with Gasteiger partial charge in [0.15, 0.2) is 11.0 Å². The molecule has 0 atom stereocenters.